The van der Waals surface area contributed by atoms with E-state index in [1.807, 2.05) is 30.5 Å². The number of fused-ring (bicyclic) bond motifs is 1. The number of nitrogens with zero attached hydrogens (tertiary/aromatic N) is 2. The Morgan fingerprint density at radius 2 is 1.95 bits per heavy atom. The van der Waals surface area contributed by atoms with Gasteiger partial charge in [-0.25, -0.2) is 4.98 Å². The van der Waals surface area contributed by atoms with Gasteiger partial charge in [-0.3, -0.25) is 0 Å². The summed E-state index contributed by atoms with van der Waals surface area (Å²) in [5, 5.41) is 1.10. The quantitative estimate of drug-likeness (QED) is 0.759. The zero-order valence-electron chi connectivity index (χ0n) is 13.0. The first-order valence-electron chi connectivity index (χ1n) is 7.50. The Hall–Kier alpha value is -2.33. The monoisotopic (exact) mass is 295 g/mol. The minimum Gasteiger partial charge on any atom is -0.488 e. The lowest BCUT2D eigenvalue weighted by Gasteiger charge is -2.11. The first-order chi connectivity index (χ1) is 10.7. The summed E-state index contributed by atoms with van der Waals surface area (Å²) in [6.45, 7) is 1.57. The summed E-state index contributed by atoms with van der Waals surface area (Å²) >= 11 is 0. The van der Waals surface area contributed by atoms with E-state index in [0.29, 0.717) is 6.61 Å². The molecule has 0 fully saturated rings. The van der Waals surface area contributed by atoms with Gasteiger partial charge in [-0.05, 0) is 37.7 Å². The number of hydrogen-bond donors (Lipinski definition) is 1. The fourth-order valence-electron chi connectivity index (χ4n) is 2.49. The molecule has 4 heteroatoms. The van der Waals surface area contributed by atoms with Crippen LogP contribution in [-0.2, 0) is 13.0 Å². The highest BCUT2D eigenvalue weighted by molar-refractivity contribution is 5.86. The summed E-state index contributed by atoms with van der Waals surface area (Å²) in [7, 11) is 4.17. The van der Waals surface area contributed by atoms with E-state index in [0.717, 1.165) is 35.3 Å². The highest BCUT2D eigenvalue weighted by atomic mass is 16.5. The molecule has 0 saturated heterocycles. The van der Waals surface area contributed by atoms with Crippen LogP contribution in [0.25, 0.3) is 11.0 Å². The Morgan fingerprint density at radius 3 is 2.73 bits per heavy atom. The molecule has 0 aliphatic rings. The highest BCUT2D eigenvalue weighted by Gasteiger charge is 2.11. The van der Waals surface area contributed by atoms with Gasteiger partial charge in [0.05, 0.1) is 5.39 Å². The summed E-state index contributed by atoms with van der Waals surface area (Å²) in [6.07, 6.45) is 4.80. The molecule has 22 heavy (non-hydrogen) atoms. The number of hydrogen-bond acceptors (Lipinski definition) is 3. The minimum atomic E-state index is 0.568. The van der Waals surface area contributed by atoms with Gasteiger partial charge in [0.1, 0.15) is 18.0 Å². The molecule has 0 saturated carbocycles. The normalized spacial score (nSPS) is 11.2. The molecule has 0 unspecified atom stereocenters. The maximum absolute atomic E-state index is 6.04. The van der Waals surface area contributed by atoms with Gasteiger partial charge in [0.25, 0.3) is 0 Å². The second kappa shape index (κ2) is 6.62. The van der Waals surface area contributed by atoms with Crippen molar-refractivity contribution in [2.24, 2.45) is 0 Å². The zero-order valence-corrected chi connectivity index (χ0v) is 13.0. The molecule has 0 aliphatic heterocycles. The second-order valence-corrected chi connectivity index (χ2v) is 5.67. The van der Waals surface area contributed by atoms with Crippen LogP contribution in [0.15, 0.2) is 48.8 Å². The van der Waals surface area contributed by atoms with E-state index in [-0.39, 0.29) is 0 Å². The number of pyridine rings is 1. The molecule has 0 radical (unpaired) electrons. The first kappa shape index (κ1) is 14.6. The molecule has 2 aromatic heterocycles. The van der Waals surface area contributed by atoms with E-state index in [4.69, 9.17) is 4.74 Å². The van der Waals surface area contributed by atoms with E-state index in [2.05, 4.69) is 41.1 Å². The lowest BCUT2D eigenvalue weighted by molar-refractivity contribution is 0.309. The third-order valence-corrected chi connectivity index (χ3v) is 3.68. The van der Waals surface area contributed by atoms with Crippen molar-refractivity contribution < 1.29 is 4.74 Å². The third-order valence-electron chi connectivity index (χ3n) is 3.68. The second-order valence-electron chi connectivity index (χ2n) is 5.67. The molecular formula is C18H21N3O. The smallest absolute Gasteiger partial charge is 0.141 e. The van der Waals surface area contributed by atoms with Crippen LogP contribution >= 0.6 is 0 Å². The van der Waals surface area contributed by atoms with E-state index in [1.165, 1.54) is 5.56 Å². The molecule has 0 atom stereocenters. The average Bonchev–Trinajstić information content (AvgIpc) is 2.96. The van der Waals surface area contributed by atoms with Crippen molar-refractivity contribution in [2.45, 2.75) is 13.0 Å². The molecular weight excluding hydrogens is 274 g/mol. The molecule has 114 valence electrons. The Balaban J connectivity index is 1.83. The minimum absolute atomic E-state index is 0.568. The average molecular weight is 295 g/mol. The number of aromatic amines is 1. The van der Waals surface area contributed by atoms with Gasteiger partial charge >= 0.3 is 0 Å². The van der Waals surface area contributed by atoms with E-state index < -0.39 is 0 Å². The van der Waals surface area contributed by atoms with Crippen LogP contribution in [0.3, 0.4) is 0 Å². The van der Waals surface area contributed by atoms with E-state index >= 15 is 0 Å². The number of aromatic nitrogens is 2. The highest BCUT2D eigenvalue weighted by Crippen LogP contribution is 2.28. The molecule has 2 heterocycles. The fraction of sp³-hybridized carbons (Fsp3) is 0.278. The molecule has 4 nitrogen and oxygen atoms in total. The summed E-state index contributed by atoms with van der Waals surface area (Å²) in [6, 6.07) is 12.2. The largest absolute Gasteiger partial charge is 0.488 e. The Labute approximate surface area is 130 Å². The van der Waals surface area contributed by atoms with Crippen LogP contribution in [0.5, 0.6) is 5.75 Å². The van der Waals surface area contributed by atoms with Gasteiger partial charge in [-0.15, -0.1) is 0 Å². The van der Waals surface area contributed by atoms with Crippen LogP contribution in [0.1, 0.15) is 11.1 Å². The van der Waals surface area contributed by atoms with E-state index in [9.17, 15) is 0 Å². The van der Waals surface area contributed by atoms with Crippen LogP contribution in [-0.4, -0.2) is 35.5 Å². The standard InChI is InChI=1S/C18H21N3O/c1-21(2)11-9-15-12-20-18-17(15)16(8-10-19-18)22-13-14-6-4-3-5-7-14/h3-8,10,12H,9,11,13H2,1-2H3,(H,19,20). The molecule has 0 spiro atoms. The number of benzene rings is 1. The van der Waals surface area contributed by atoms with Gasteiger partial charge < -0.3 is 14.6 Å². The van der Waals surface area contributed by atoms with Gasteiger partial charge in [-0.2, -0.15) is 0 Å². The summed E-state index contributed by atoms with van der Waals surface area (Å²) in [5.41, 5.74) is 3.30. The van der Waals surface area contributed by atoms with E-state index in [1.54, 1.807) is 6.20 Å². The molecule has 3 rings (SSSR count). The van der Waals surface area contributed by atoms with Crippen molar-refractivity contribution in [1.82, 2.24) is 14.9 Å². The first-order valence-corrected chi connectivity index (χ1v) is 7.50. The van der Waals surface area contributed by atoms with Crippen molar-refractivity contribution in [2.75, 3.05) is 20.6 Å². The van der Waals surface area contributed by atoms with Crippen molar-refractivity contribution in [3.8, 4) is 5.75 Å². The predicted octanol–water partition coefficient (Wildman–Crippen LogP) is 3.25. The summed E-state index contributed by atoms with van der Waals surface area (Å²) in [5.74, 6) is 0.892. The summed E-state index contributed by atoms with van der Waals surface area (Å²) < 4.78 is 6.04. The SMILES string of the molecule is CN(C)CCc1c[nH]c2nccc(OCc3ccccc3)c12. The molecule has 0 aliphatic carbocycles. The topological polar surface area (TPSA) is 41.2 Å². The third kappa shape index (κ3) is 3.28. The summed E-state index contributed by atoms with van der Waals surface area (Å²) in [4.78, 5) is 9.82. The Kier molecular flexibility index (Phi) is 4.39. The number of H-pyrrole nitrogens is 1. The lowest BCUT2D eigenvalue weighted by Crippen LogP contribution is -2.14. The lowest BCUT2D eigenvalue weighted by atomic mass is 10.1. The van der Waals surface area contributed by atoms with Crippen LogP contribution in [0.2, 0.25) is 0 Å². The molecule has 1 N–H and O–H groups in total. The van der Waals surface area contributed by atoms with Gasteiger partial charge in [0, 0.05) is 18.9 Å². The van der Waals surface area contributed by atoms with Crippen molar-refractivity contribution in [1.29, 1.82) is 0 Å². The van der Waals surface area contributed by atoms with Gasteiger partial charge in [-0.1, -0.05) is 30.3 Å². The van der Waals surface area contributed by atoms with Crippen LogP contribution < -0.4 is 4.74 Å². The van der Waals surface area contributed by atoms with Crippen molar-refractivity contribution >= 4 is 11.0 Å². The number of likely N-dealkylation sites (N-methyl/N-ethyl adjacent to an activating group) is 1. The maximum atomic E-state index is 6.04. The number of nitrogens with one attached hydrogen (secondary N) is 1. The van der Waals surface area contributed by atoms with Crippen LogP contribution in [0, 0.1) is 0 Å². The number of rotatable bonds is 6. The van der Waals surface area contributed by atoms with Gasteiger partial charge in [0.15, 0.2) is 0 Å². The Morgan fingerprint density at radius 1 is 1.14 bits per heavy atom. The Bertz CT molecular complexity index is 734. The predicted molar refractivity (Wildman–Crippen MR) is 89.1 cm³/mol. The number of ether oxygens (including phenoxy) is 1. The zero-order chi connectivity index (χ0) is 15.4. The molecule has 3 aromatic rings. The maximum Gasteiger partial charge on any atom is 0.141 e. The fourth-order valence-corrected chi connectivity index (χ4v) is 2.49. The van der Waals surface area contributed by atoms with Crippen molar-refractivity contribution in [3.63, 3.8) is 0 Å². The molecule has 0 bridgehead atoms. The molecule has 1 aromatic carbocycles. The molecule has 0 amide bonds. The van der Waals surface area contributed by atoms with Crippen LogP contribution in [0.4, 0.5) is 0 Å². The van der Waals surface area contributed by atoms with Crippen molar-refractivity contribution in [3.05, 3.63) is 59.9 Å². The van der Waals surface area contributed by atoms with Gasteiger partial charge in [0.2, 0.25) is 0 Å².